The zero-order valence-electron chi connectivity index (χ0n) is 44.3. The second-order valence-electron chi connectivity index (χ2n) is 18.5. The van der Waals surface area contributed by atoms with Crippen LogP contribution in [0.3, 0.4) is 0 Å². The van der Waals surface area contributed by atoms with E-state index >= 15 is 0 Å². The maximum atomic E-state index is 12.8. The number of carbonyl (C=O) groups excluding carboxylic acids is 3. The second-order valence-corrected chi connectivity index (χ2v) is 18.5. The van der Waals surface area contributed by atoms with Crippen LogP contribution < -0.4 is 0 Å². The lowest BCUT2D eigenvalue weighted by Gasteiger charge is -2.18. The monoisotopic (exact) mass is 945 g/mol. The molecule has 0 rings (SSSR count). The number of hydrogen-bond acceptors (Lipinski definition) is 6. The lowest BCUT2D eigenvalue weighted by Crippen LogP contribution is -2.30. The van der Waals surface area contributed by atoms with E-state index in [0.717, 1.165) is 103 Å². The first-order valence-corrected chi connectivity index (χ1v) is 28.3. The predicted molar refractivity (Wildman–Crippen MR) is 293 cm³/mol. The average molecular weight is 946 g/mol. The van der Waals surface area contributed by atoms with Gasteiger partial charge < -0.3 is 14.2 Å². The molecule has 1 unspecified atom stereocenters. The number of hydrogen-bond donors (Lipinski definition) is 0. The van der Waals surface area contributed by atoms with Crippen molar-refractivity contribution < 1.29 is 28.6 Å². The minimum atomic E-state index is -0.792. The SMILES string of the molecule is CC\C=C/C=C\C=C/CCCCCCCCCC(=O)OCC(COC(=O)CCCCCCCCCCCC/C=C\C=C/CCCCC)OC(=O)CCCCCCCC/C=C\C/C=C\C/C=C\CC. The molecule has 0 heterocycles. The number of rotatable bonds is 50. The molecule has 0 aliphatic heterocycles. The van der Waals surface area contributed by atoms with E-state index in [1.54, 1.807) is 0 Å². The molecule has 6 nitrogen and oxygen atoms in total. The van der Waals surface area contributed by atoms with Crippen LogP contribution in [0.2, 0.25) is 0 Å². The molecule has 0 spiro atoms. The fourth-order valence-corrected chi connectivity index (χ4v) is 7.68. The first-order chi connectivity index (χ1) is 33.5. The lowest BCUT2D eigenvalue weighted by molar-refractivity contribution is -0.167. The predicted octanol–water partition coefficient (Wildman–Crippen LogP) is 18.9. The summed E-state index contributed by atoms with van der Waals surface area (Å²) in [5.74, 6) is -0.915. The van der Waals surface area contributed by atoms with Gasteiger partial charge in [-0.2, -0.15) is 0 Å². The molecule has 0 saturated carbocycles. The van der Waals surface area contributed by atoms with Gasteiger partial charge in [0.15, 0.2) is 6.10 Å². The Morgan fingerprint density at radius 1 is 0.324 bits per heavy atom. The Morgan fingerprint density at radius 3 is 1.07 bits per heavy atom. The Labute approximate surface area is 419 Å². The maximum absolute atomic E-state index is 12.8. The lowest BCUT2D eigenvalue weighted by atomic mass is 10.1. The van der Waals surface area contributed by atoms with Crippen molar-refractivity contribution in [1.82, 2.24) is 0 Å². The minimum Gasteiger partial charge on any atom is -0.462 e. The highest BCUT2D eigenvalue weighted by Crippen LogP contribution is 2.15. The summed E-state index contributed by atoms with van der Waals surface area (Å²) in [5.41, 5.74) is 0. The molecule has 0 aliphatic carbocycles. The van der Waals surface area contributed by atoms with Gasteiger partial charge in [-0.1, -0.05) is 240 Å². The molecule has 388 valence electrons. The molecular weight excluding hydrogens is 841 g/mol. The molecule has 0 aromatic rings. The Hall–Kier alpha value is -3.67. The molecule has 0 aromatic carbocycles. The summed E-state index contributed by atoms with van der Waals surface area (Å²) in [6.07, 6.45) is 73.9. The molecular formula is C62H104O6. The van der Waals surface area contributed by atoms with Crippen molar-refractivity contribution >= 4 is 17.9 Å². The van der Waals surface area contributed by atoms with Gasteiger partial charge in [0.2, 0.25) is 0 Å². The van der Waals surface area contributed by atoms with Gasteiger partial charge in [-0.3, -0.25) is 14.4 Å². The Morgan fingerprint density at radius 2 is 0.647 bits per heavy atom. The fraction of sp³-hybridized carbons (Fsp3) is 0.694. The zero-order chi connectivity index (χ0) is 49.3. The molecule has 0 aromatic heterocycles. The number of carbonyl (C=O) groups is 3. The fourth-order valence-electron chi connectivity index (χ4n) is 7.68. The van der Waals surface area contributed by atoms with Crippen LogP contribution >= 0.6 is 0 Å². The highest BCUT2D eigenvalue weighted by atomic mass is 16.6. The van der Waals surface area contributed by atoms with Gasteiger partial charge in [0.25, 0.3) is 0 Å². The van der Waals surface area contributed by atoms with E-state index in [9.17, 15) is 14.4 Å². The quantitative estimate of drug-likeness (QED) is 0.0199. The third kappa shape index (κ3) is 53.3. The normalized spacial score (nSPS) is 12.8. The Balaban J connectivity index is 4.41. The van der Waals surface area contributed by atoms with E-state index in [1.807, 2.05) is 0 Å². The average Bonchev–Trinajstić information content (AvgIpc) is 3.34. The number of esters is 3. The first kappa shape index (κ1) is 64.3. The molecule has 1 atom stereocenters. The summed E-state index contributed by atoms with van der Waals surface area (Å²) in [4.78, 5) is 38.2. The van der Waals surface area contributed by atoms with Crippen LogP contribution in [0.25, 0.3) is 0 Å². The maximum Gasteiger partial charge on any atom is 0.306 e. The second kappa shape index (κ2) is 55.9. The molecule has 6 heteroatoms. The summed E-state index contributed by atoms with van der Waals surface area (Å²) in [5, 5.41) is 0. The smallest absolute Gasteiger partial charge is 0.306 e. The topological polar surface area (TPSA) is 78.9 Å². The van der Waals surface area contributed by atoms with Crippen LogP contribution in [0.4, 0.5) is 0 Å². The Kier molecular flexibility index (Phi) is 52.9. The highest BCUT2D eigenvalue weighted by Gasteiger charge is 2.19. The summed E-state index contributed by atoms with van der Waals surface area (Å²) in [6, 6.07) is 0. The molecule has 0 bridgehead atoms. The summed E-state index contributed by atoms with van der Waals surface area (Å²) >= 11 is 0. The van der Waals surface area contributed by atoms with Gasteiger partial charge in [0.05, 0.1) is 0 Å². The van der Waals surface area contributed by atoms with Gasteiger partial charge in [0, 0.05) is 19.3 Å². The van der Waals surface area contributed by atoms with Crippen LogP contribution in [0.15, 0.2) is 97.2 Å². The molecule has 0 radical (unpaired) electrons. The first-order valence-electron chi connectivity index (χ1n) is 28.3. The van der Waals surface area contributed by atoms with Crippen molar-refractivity contribution in [3.8, 4) is 0 Å². The van der Waals surface area contributed by atoms with Crippen molar-refractivity contribution in [2.24, 2.45) is 0 Å². The standard InChI is InChI=1S/C62H104O6/c1-4-7-10-13-16-19-22-25-28-30-31-32-35-37-40-43-46-49-52-55-61(64)67-58-59(57-66-60(63)54-51-48-45-42-39-36-33-27-24-21-18-15-12-9-6-3)68-62(65)56-53-50-47-44-41-38-34-29-26-23-20-17-14-11-8-5-2/h8-9,11-12,15-22,24-26,29,59H,4-7,10,13-14,23,27-28,30-58H2,1-3H3/b11-8-,12-9-,18-15-,19-16-,20-17-,24-21-,25-22-,29-26-. The van der Waals surface area contributed by atoms with Crippen molar-refractivity contribution in [3.63, 3.8) is 0 Å². The van der Waals surface area contributed by atoms with Crippen molar-refractivity contribution in [2.45, 2.75) is 264 Å². The number of unbranched alkanes of at least 4 members (excludes halogenated alkanes) is 26. The van der Waals surface area contributed by atoms with E-state index in [2.05, 4.69) is 118 Å². The third-order valence-electron chi connectivity index (χ3n) is 11.9. The molecule has 68 heavy (non-hydrogen) atoms. The third-order valence-corrected chi connectivity index (χ3v) is 11.9. The van der Waals surface area contributed by atoms with Crippen molar-refractivity contribution in [3.05, 3.63) is 97.2 Å². The van der Waals surface area contributed by atoms with Crippen molar-refractivity contribution in [2.75, 3.05) is 13.2 Å². The van der Waals surface area contributed by atoms with Crippen LogP contribution in [-0.4, -0.2) is 37.2 Å². The van der Waals surface area contributed by atoms with Crippen LogP contribution in [0.1, 0.15) is 258 Å². The van der Waals surface area contributed by atoms with Crippen LogP contribution in [-0.2, 0) is 28.6 Å². The molecule has 0 N–H and O–H groups in total. The summed E-state index contributed by atoms with van der Waals surface area (Å²) < 4.78 is 16.8. The minimum absolute atomic E-state index is 0.0891. The van der Waals surface area contributed by atoms with Gasteiger partial charge in [-0.25, -0.2) is 0 Å². The van der Waals surface area contributed by atoms with Crippen LogP contribution in [0, 0.1) is 0 Å². The molecule has 0 amide bonds. The Bertz CT molecular complexity index is 1360. The summed E-state index contributed by atoms with van der Waals surface area (Å²) in [7, 11) is 0. The molecule has 0 saturated heterocycles. The number of allylic oxidation sites excluding steroid dienone is 16. The van der Waals surface area contributed by atoms with Gasteiger partial charge in [-0.15, -0.1) is 0 Å². The number of ether oxygens (including phenoxy) is 3. The summed E-state index contributed by atoms with van der Waals surface area (Å²) in [6.45, 7) is 6.36. The molecule has 0 fully saturated rings. The van der Waals surface area contributed by atoms with E-state index < -0.39 is 6.10 Å². The van der Waals surface area contributed by atoms with Crippen LogP contribution in [0.5, 0.6) is 0 Å². The zero-order valence-corrected chi connectivity index (χ0v) is 44.3. The van der Waals surface area contributed by atoms with Gasteiger partial charge in [-0.05, 0) is 96.3 Å². The highest BCUT2D eigenvalue weighted by molar-refractivity contribution is 5.71. The van der Waals surface area contributed by atoms with E-state index in [0.29, 0.717) is 19.3 Å². The van der Waals surface area contributed by atoms with Gasteiger partial charge >= 0.3 is 17.9 Å². The van der Waals surface area contributed by atoms with E-state index in [4.69, 9.17) is 14.2 Å². The largest absolute Gasteiger partial charge is 0.462 e. The van der Waals surface area contributed by atoms with Crippen molar-refractivity contribution in [1.29, 1.82) is 0 Å². The van der Waals surface area contributed by atoms with E-state index in [-0.39, 0.29) is 31.1 Å². The van der Waals surface area contributed by atoms with Gasteiger partial charge in [0.1, 0.15) is 13.2 Å². The molecule has 0 aliphatic rings. The van der Waals surface area contributed by atoms with E-state index in [1.165, 1.54) is 116 Å².